The number of nitro benzene ring substituents is 2. The number of carbonyl (C=O) groups excluding carboxylic acids is 3. The van der Waals surface area contributed by atoms with Gasteiger partial charge in [0.2, 0.25) is 5.91 Å². The molecule has 0 aliphatic carbocycles. The quantitative estimate of drug-likeness (QED) is 0.445. The number of nitrogens with one attached hydrogen (secondary N) is 1. The molecule has 0 radical (unpaired) electrons. The van der Waals surface area contributed by atoms with Crippen molar-refractivity contribution in [2.45, 2.75) is 13.3 Å². The summed E-state index contributed by atoms with van der Waals surface area (Å²) >= 11 is 0. The van der Waals surface area contributed by atoms with E-state index in [-0.39, 0.29) is 29.8 Å². The smallest absolute Gasteiger partial charge is 0.282 e. The largest absolute Gasteiger partial charge is 0.326 e. The van der Waals surface area contributed by atoms with Crippen LogP contribution in [0.1, 0.15) is 32.7 Å². The van der Waals surface area contributed by atoms with Gasteiger partial charge in [0.25, 0.3) is 23.2 Å². The number of carbonyl (C=O) groups is 3. The van der Waals surface area contributed by atoms with Crippen molar-refractivity contribution in [3.8, 4) is 0 Å². The molecule has 0 unspecified atom stereocenters. The number of nitrogens with zero attached hydrogens (tertiary/aromatic N) is 3. The Morgan fingerprint density at radius 1 is 1.07 bits per heavy atom. The Balaban J connectivity index is 1.69. The van der Waals surface area contributed by atoms with Crippen LogP contribution in [0, 0.1) is 27.2 Å². The van der Waals surface area contributed by atoms with Crippen molar-refractivity contribution < 1.29 is 24.2 Å². The number of fused-ring (bicyclic) bond motifs is 1. The van der Waals surface area contributed by atoms with Crippen molar-refractivity contribution in [1.82, 2.24) is 4.90 Å². The summed E-state index contributed by atoms with van der Waals surface area (Å²) in [6, 6.07) is 7.71. The van der Waals surface area contributed by atoms with Crippen LogP contribution in [0.3, 0.4) is 0 Å². The summed E-state index contributed by atoms with van der Waals surface area (Å²) < 4.78 is 0. The molecule has 0 saturated carbocycles. The first-order valence-electron chi connectivity index (χ1n) is 8.39. The second-order valence-corrected chi connectivity index (χ2v) is 6.27. The molecule has 1 aliphatic heterocycles. The zero-order chi connectivity index (χ0) is 21.3. The summed E-state index contributed by atoms with van der Waals surface area (Å²) in [6.07, 6.45) is -0.240. The molecule has 1 aliphatic rings. The van der Waals surface area contributed by atoms with E-state index in [2.05, 4.69) is 5.32 Å². The first-order chi connectivity index (χ1) is 13.7. The van der Waals surface area contributed by atoms with Gasteiger partial charge in [-0.05, 0) is 24.6 Å². The number of rotatable bonds is 6. The molecule has 0 atom stereocenters. The number of nitro groups is 2. The molecule has 11 heteroatoms. The first kappa shape index (κ1) is 19.6. The van der Waals surface area contributed by atoms with Crippen molar-refractivity contribution in [1.29, 1.82) is 0 Å². The van der Waals surface area contributed by atoms with Crippen molar-refractivity contribution >= 4 is 34.8 Å². The number of hydrogen-bond donors (Lipinski definition) is 1. The molecule has 1 heterocycles. The van der Waals surface area contributed by atoms with Gasteiger partial charge in [0.05, 0.1) is 15.4 Å². The Bertz CT molecular complexity index is 1080. The van der Waals surface area contributed by atoms with Crippen LogP contribution in [-0.4, -0.2) is 39.0 Å². The van der Waals surface area contributed by atoms with Gasteiger partial charge in [-0.1, -0.05) is 6.07 Å². The third kappa shape index (κ3) is 3.65. The maximum absolute atomic E-state index is 12.5. The molecule has 29 heavy (non-hydrogen) atoms. The summed E-state index contributed by atoms with van der Waals surface area (Å²) in [5.41, 5.74) is -0.102. The van der Waals surface area contributed by atoms with Crippen LogP contribution in [0.15, 0.2) is 36.4 Å². The van der Waals surface area contributed by atoms with E-state index in [0.717, 1.165) is 11.0 Å². The van der Waals surface area contributed by atoms with Gasteiger partial charge >= 0.3 is 0 Å². The lowest BCUT2D eigenvalue weighted by Gasteiger charge is -2.14. The van der Waals surface area contributed by atoms with Crippen LogP contribution in [0.2, 0.25) is 0 Å². The minimum atomic E-state index is -0.823. The Kier molecular flexibility index (Phi) is 5.05. The van der Waals surface area contributed by atoms with E-state index in [0.29, 0.717) is 11.3 Å². The van der Waals surface area contributed by atoms with Crippen LogP contribution in [0.25, 0.3) is 0 Å². The van der Waals surface area contributed by atoms with Gasteiger partial charge in [0, 0.05) is 36.9 Å². The molecule has 0 fully saturated rings. The molecule has 0 spiro atoms. The van der Waals surface area contributed by atoms with E-state index in [1.807, 2.05) is 0 Å². The third-order valence-electron chi connectivity index (χ3n) is 4.43. The maximum atomic E-state index is 12.5. The topological polar surface area (TPSA) is 153 Å². The molecular formula is C18H14N4O7. The van der Waals surface area contributed by atoms with E-state index in [1.165, 1.54) is 30.3 Å². The predicted molar refractivity (Wildman–Crippen MR) is 99.5 cm³/mol. The van der Waals surface area contributed by atoms with Crippen molar-refractivity contribution in [3.05, 3.63) is 73.3 Å². The highest BCUT2D eigenvalue weighted by Gasteiger charge is 2.40. The molecule has 3 amide bonds. The third-order valence-corrected chi connectivity index (χ3v) is 4.43. The highest BCUT2D eigenvalue weighted by Crippen LogP contribution is 2.30. The molecule has 0 saturated heterocycles. The zero-order valence-electron chi connectivity index (χ0n) is 15.1. The fraction of sp³-hybridized carbons (Fsp3) is 0.167. The molecule has 2 aromatic carbocycles. The van der Waals surface area contributed by atoms with Crippen LogP contribution < -0.4 is 5.32 Å². The molecule has 0 bridgehead atoms. The Hall–Kier alpha value is -4.15. The van der Waals surface area contributed by atoms with Crippen molar-refractivity contribution in [2.75, 3.05) is 11.9 Å². The number of amides is 3. The number of hydrogen-bond acceptors (Lipinski definition) is 7. The number of non-ortho nitro benzene ring substituents is 1. The molecule has 1 N–H and O–H groups in total. The molecule has 3 rings (SSSR count). The lowest BCUT2D eigenvalue weighted by Crippen LogP contribution is -2.33. The number of benzene rings is 2. The Morgan fingerprint density at radius 2 is 1.79 bits per heavy atom. The van der Waals surface area contributed by atoms with Gasteiger partial charge in [-0.2, -0.15) is 0 Å². The second-order valence-electron chi connectivity index (χ2n) is 6.27. The minimum Gasteiger partial charge on any atom is -0.326 e. The van der Waals surface area contributed by atoms with Crippen molar-refractivity contribution in [2.24, 2.45) is 0 Å². The van der Waals surface area contributed by atoms with Gasteiger partial charge in [-0.15, -0.1) is 0 Å². The van der Waals surface area contributed by atoms with Gasteiger partial charge in [0.1, 0.15) is 5.56 Å². The summed E-state index contributed by atoms with van der Waals surface area (Å²) in [5, 5.41) is 24.4. The minimum absolute atomic E-state index is 0.0733. The lowest BCUT2D eigenvalue weighted by atomic mass is 10.1. The molecule has 11 nitrogen and oxygen atoms in total. The monoisotopic (exact) mass is 398 g/mol. The number of imide groups is 1. The molecule has 0 aromatic heterocycles. The fourth-order valence-electron chi connectivity index (χ4n) is 3.00. The van der Waals surface area contributed by atoms with Crippen LogP contribution >= 0.6 is 0 Å². The van der Waals surface area contributed by atoms with Gasteiger partial charge < -0.3 is 5.32 Å². The summed E-state index contributed by atoms with van der Waals surface area (Å²) in [5.74, 6) is -2.04. The van der Waals surface area contributed by atoms with E-state index in [4.69, 9.17) is 0 Å². The van der Waals surface area contributed by atoms with E-state index in [1.54, 1.807) is 6.92 Å². The van der Waals surface area contributed by atoms with Gasteiger partial charge in [-0.3, -0.25) is 39.5 Å². The van der Waals surface area contributed by atoms with Crippen LogP contribution in [0.5, 0.6) is 0 Å². The molecular weight excluding hydrogens is 384 g/mol. The predicted octanol–water partition coefficient (Wildman–Crippen LogP) is 2.44. The normalized spacial score (nSPS) is 12.7. The summed E-state index contributed by atoms with van der Waals surface area (Å²) in [4.78, 5) is 58.4. The average Bonchev–Trinajstić information content (AvgIpc) is 2.92. The van der Waals surface area contributed by atoms with E-state index in [9.17, 15) is 34.6 Å². The second kappa shape index (κ2) is 7.46. The highest BCUT2D eigenvalue weighted by molar-refractivity contribution is 6.23. The number of aryl methyl sites for hydroxylation is 1. The van der Waals surface area contributed by atoms with E-state index >= 15 is 0 Å². The first-order valence-corrected chi connectivity index (χ1v) is 8.39. The van der Waals surface area contributed by atoms with Crippen LogP contribution in [-0.2, 0) is 4.79 Å². The van der Waals surface area contributed by atoms with Gasteiger partial charge in [0.15, 0.2) is 0 Å². The molecule has 2 aromatic rings. The summed E-state index contributed by atoms with van der Waals surface area (Å²) in [6.45, 7) is 1.33. The van der Waals surface area contributed by atoms with Crippen LogP contribution in [0.4, 0.5) is 17.1 Å². The van der Waals surface area contributed by atoms with Gasteiger partial charge in [-0.25, -0.2) is 0 Å². The molecule has 148 valence electrons. The summed E-state index contributed by atoms with van der Waals surface area (Å²) in [7, 11) is 0. The Labute approximate surface area is 163 Å². The standard InChI is InChI=1S/C18H14N4O7/c1-10-9-11(21(26)27)5-6-13(10)19-15(23)7-8-20-17(24)12-3-2-4-14(22(28)29)16(12)18(20)25/h2-6,9H,7-8H2,1H3,(H,19,23). The fourth-order valence-corrected chi connectivity index (χ4v) is 3.00. The highest BCUT2D eigenvalue weighted by atomic mass is 16.6. The average molecular weight is 398 g/mol. The number of anilines is 1. The lowest BCUT2D eigenvalue weighted by molar-refractivity contribution is -0.385. The Morgan fingerprint density at radius 3 is 2.41 bits per heavy atom. The SMILES string of the molecule is Cc1cc([N+](=O)[O-])ccc1NC(=O)CCN1C(=O)c2cccc([N+](=O)[O-])c2C1=O. The van der Waals surface area contributed by atoms with Crippen molar-refractivity contribution in [3.63, 3.8) is 0 Å². The maximum Gasteiger partial charge on any atom is 0.282 e. The van der Waals surface area contributed by atoms with E-state index < -0.39 is 33.3 Å². The zero-order valence-corrected chi connectivity index (χ0v) is 15.1.